The molecule has 1 aromatic heterocycles. The van der Waals surface area contributed by atoms with Crippen LogP contribution in [0.4, 0.5) is 9.18 Å². The van der Waals surface area contributed by atoms with E-state index in [1.54, 1.807) is 39.8 Å². The zero-order chi connectivity index (χ0) is 18.8. The van der Waals surface area contributed by atoms with Gasteiger partial charge in [-0.1, -0.05) is 35.3 Å². The topological polar surface area (TPSA) is 64.1 Å². The number of hydrogen-bond donors (Lipinski definition) is 1. The molecule has 1 heterocycles. The van der Waals surface area contributed by atoms with Gasteiger partial charge >= 0.3 is 6.09 Å². The van der Waals surface area contributed by atoms with Crippen LogP contribution < -0.4 is 5.32 Å². The van der Waals surface area contributed by atoms with Crippen molar-refractivity contribution in [3.8, 4) is 11.3 Å². The molecule has 2 rings (SSSR count). The molecule has 1 atom stereocenters. The third-order valence-corrected chi connectivity index (χ3v) is 4.09. The quantitative estimate of drug-likeness (QED) is 0.790. The summed E-state index contributed by atoms with van der Waals surface area (Å²) in [6.07, 6.45) is 1.83. The molecule has 0 fully saturated rings. The van der Waals surface area contributed by atoms with E-state index in [1.165, 1.54) is 6.20 Å². The number of hydrogen-bond acceptors (Lipinski definition) is 4. The van der Waals surface area contributed by atoms with Crippen LogP contribution in [0, 0.1) is 5.95 Å². The summed E-state index contributed by atoms with van der Waals surface area (Å²) in [5.41, 5.74) is 0.717. The van der Waals surface area contributed by atoms with Crippen molar-refractivity contribution < 1.29 is 13.9 Å². The van der Waals surface area contributed by atoms with Crippen molar-refractivity contribution in [1.82, 2.24) is 15.3 Å². The number of benzene rings is 1. The molecular formula is C17H18Cl2FN3O2. The van der Waals surface area contributed by atoms with Gasteiger partial charge in [-0.2, -0.15) is 4.39 Å². The zero-order valence-electron chi connectivity index (χ0n) is 14.2. The lowest BCUT2D eigenvalue weighted by atomic mass is 10.0. The van der Waals surface area contributed by atoms with Crippen molar-refractivity contribution in [1.29, 1.82) is 0 Å². The number of nitrogens with zero attached hydrogens (tertiary/aromatic N) is 2. The Morgan fingerprint density at radius 1 is 1.24 bits per heavy atom. The SMILES string of the molecule is CC(NC(=O)OC(C)(C)C)c1ccc(-c2cncc(F)n2)c(Cl)c1Cl. The van der Waals surface area contributed by atoms with E-state index >= 15 is 0 Å². The summed E-state index contributed by atoms with van der Waals surface area (Å²) < 4.78 is 18.5. The molecule has 1 unspecified atom stereocenters. The molecule has 0 saturated carbocycles. The number of carbonyl (C=O) groups excluding carboxylic acids is 1. The molecule has 0 aliphatic rings. The Morgan fingerprint density at radius 3 is 2.52 bits per heavy atom. The first-order valence-electron chi connectivity index (χ1n) is 7.54. The summed E-state index contributed by atoms with van der Waals surface area (Å²) in [5.74, 6) is -0.714. The molecule has 0 spiro atoms. The third-order valence-electron chi connectivity index (χ3n) is 3.19. The van der Waals surface area contributed by atoms with Crippen LogP contribution in [0.3, 0.4) is 0 Å². The number of rotatable bonds is 3. The van der Waals surface area contributed by atoms with E-state index in [4.69, 9.17) is 27.9 Å². The highest BCUT2D eigenvalue weighted by Gasteiger charge is 2.21. The van der Waals surface area contributed by atoms with E-state index in [1.807, 2.05) is 0 Å². The van der Waals surface area contributed by atoms with Gasteiger partial charge in [0, 0.05) is 5.56 Å². The van der Waals surface area contributed by atoms with E-state index in [-0.39, 0.29) is 15.7 Å². The second-order valence-electron chi connectivity index (χ2n) is 6.43. The van der Waals surface area contributed by atoms with Gasteiger partial charge in [-0.25, -0.2) is 9.78 Å². The van der Waals surface area contributed by atoms with Crippen LogP contribution in [0.1, 0.15) is 39.3 Å². The van der Waals surface area contributed by atoms with Crippen LogP contribution in [0.5, 0.6) is 0 Å². The van der Waals surface area contributed by atoms with Gasteiger partial charge in [-0.3, -0.25) is 4.98 Å². The van der Waals surface area contributed by atoms with Crippen molar-refractivity contribution in [3.05, 3.63) is 46.1 Å². The predicted molar refractivity (Wildman–Crippen MR) is 95.2 cm³/mol. The summed E-state index contributed by atoms with van der Waals surface area (Å²) in [4.78, 5) is 19.4. The number of amides is 1. The minimum absolute atomic E-state index is 0.205. The number of ether oxygens (including phenoxy) is 1. The molecule has 5 nitrogen and oxygen atoms in total. The molecule has 1 aromatic carbocycles. The first-order chi connectivity index (χ1) is 11.6. The average Bonchev–Trinajstić information content (AvgIpc) is 2.47. The third kappa shape index (κ3) is 5.03. The summed E-state index contributed by atoms with van der Waals surface area (Å²) in [7, 11) is 0. The minimum Gasteiger partial charge on any atom is -0.444 e. The van der Waals surface area contributed by atoms with Crippen molar-refractivity contribution >= 4 is 29.3 Å². The van der Waals surface area contributed by atoms with Crippen LogP contribution in [-0.4, -0.2) is 21.7 Å². The molecule has 0 aliphatic heterocycles. The Balaban J connectivity index is 2.26. The Bertz CT molecular complexity index is 794. The lowest BCUT2D eigenvalue weighted by Crippen LogP contribution is -2.34. The highest BCUT2D eigenvalue weighted by Crippen LogP contribution is 2.37. The van der Waals surface area contributed by atoms with Crippen LogP contribution in [0.2, 0.25) is 10.0 Å². The highest BCUT2D eigenvalue weighted by molar-refractivity contribution is 6.44. The van der Waals surface area contributed by atoms with Crippen LogP contribution in [-0.2, 0) is 4.74 Å². The highest BCUT2D eigenvalue weighted by atomic mass is 35.5. The molecule has 134 valence electrons. The van der Waals surface area contributed by atoms with Gasteiger partial charge in [0.05, 0.1) is 34.2 Å². The second kappa shape index (κ2) is 7.54. The van der Waals surface area contributed by atoms with E-state index in [0.717, 1.165) is 6.20 Å². The second-order valence-corrected chi connectivity index (χ2v) is 7.18. The number of aromatic nitrogens is 2. The van der Waals surface area contributed by atoms with Crippen LogP contribution in [0.15, 0.2) is 24.5 Å². The smallest absolute Gasteiger partial charge is 0.408 e. The zero-order valence-corrected chi connectivity index (χ0v) is 15.7. The maximum Gasteiger partial charge on any atom is 0.408 e. The Hall–Kier alpha value is -1.92. The molecule has 25 heavy (non-hydrogen) atoms. The Labute approximate surface area is 155 Å². The normalized spacial score (nSPS) is 12.6. The average molecular weight is 386 g/mol. The Morgan fingerprint density at radius 2 is 1.92 bits per heavy atom. The first kappa shape index (κ1) is 19.4. The van der Waals surface area contributed by atoms with Gasteiger partial charge in [0.15, 0.2) is 0 Å². The molecule has 0 saturated heterocycles. The van der Waals surface area contributed by atoms with Gasteiger partial charge in [-0.15, -0.1) is 0 Å². The molecule has 1 N–H and O–H groups in total. The first-order valence-corrected chi connectivity index (χ1v) is 8.29. The largest absolute Gasteiger partial charge is 0.444 e. The van der Waals surface area contributed by atoms with Gasteiger partial charge in [0.2, 0.25) is 5.95 Å². The number of alkyl carbamates (subject to hydrolysis) is 1. The number of halogens is 3. The summed E-state index contributed by atoms with van der Waals surface area (Å²) in [6.45, 7) is 7.07. The van der Waals surface area contributed by atoms with Crippen molar-refractivity contribution in [3.63, 3.8) is 0 Å². The number of nitrogens with one attached hydrogen (secondary N) is 1. The van der Waals surface area contributed by atoms with E-state index in [0.29, 0.717) is 11.1 Å². The van der Waals surface area contributed by atoms with E-state index in [2.05, 4.69) is 15.3 Å². The maximum absolute atomic E-state index is 13.3. The fourth-order valence-electron chi connectivity index (χ4n) is 2.13. The van der Waals surface area contributed by atoms with Gasteiger partial charge in [0.25, 0.3) is 0 Å². The molecule has 2 aromatic rings. The maximum atomic E-state index is 13.3. The molecule has 1 amide bonds. The standard InChI is InChI=1S/C17H18Cl2FN3O2/c1-9(22-16(24)25-17(2,3)4)10-5-6-11(15(19)14(10)18)12-7-21-8-13(20)23-12/h5-9H,1-4H3,(H,22,24). The summed E-state index contributed by atoms with van der Waals surface area (Å²) >= 11 is 12.6. The molecule has 0 radical (unpaired) electrons. The fourth-order valence-corrected chi connectivity index (χ4v) is 2.73. The predicted octanol–water partition coefficient (Wildman–Crippen LogP) is 5.18. The lowest BCUT2D eigenvalue weighted by Gasteiger charge is -2.23. The van der Waals surface area contributed by atoms with Crippen molar-refractivity contribution in [2.24, 2.45) is 0 Å². The molecular weight excluding hydrogens is 368 g/mol. The minimum atomic E-state index is -0.714. The van der Waals surface area contributed by atoms with Gasteiger partial charge in [0.1, 0.15) is 5.60 Å². The van der Waals surface area contributed by atoms with Gasteiger partial charge in [-0.05, 0) is 33.3 Å². The summed E-state index contributed by atoms with van der Waals surface area (Å²) in [5, 5.41) is 3.15. The van der Waals surface area contributed by atoms with Crippen molar-refractivity contribution in [2.45, 2.75) is 39.3 Å². The lowest BCUT2D eigenvalue weighted by molar-refractivity contribution is 0.0508. The van der Waals surface area contributed by atoms with Crippen molar-refractivity contribution in [2.75, 3.05) is 0 Å². The van der Waals surface area contributed by atoms with E-state index < -0.39 is 23.7 Å². The van der Waals surface area contributed by atoms with Gasteiger partial charge < -0.3 is 10.1 Å². The fraction of sp³-hybridized carbons (Fsp3) is 0.353. The monoisotopic (exact) mass is 385 g/mol. The summed E-state index contributed by atoms with van der Waals surface area (Å²) in [6, 6.07) is 2.91. The molecule has 0 aliphatic carbocycles. The molecule has 8 heteroatoms. The molecule has 0 bridgehead atoms. The van der Waals surface area contributed by atoms with Crippen LogP contribution >= 0.6 is 23.2 Å². The van der Waals surface area contributed by atoms with Crippen LogP contribution in [0.25, 0.3) is 11.3 Å². The van der Waals surface area contributed by atoms with E-state index in [9.17, 15) is 9.18 Å². The Kier molecular flexibility index (Phi) is 5.85. The number of carbonyl (C=O) groups is 1.